The molecule has 8 heteroatoms. The molecule has 0 bridgehead atoms. The van der Waals surface area contributed by atoms with E-state index in [1.165, 1.54) is 6.07 Å². The van der Waals surface area contributed by atoms with Gasteiger partial charge in [0.25, 0.3) is 0 Å². The van der Waals surface area contributed by atoms with E-state index >= 15 is 0 Å². The molecule has 1 aromatic carbocycles. The fourth-order valence-electron chi connectivity index (χ4n) is 3.40. The molecule has 162 valence electrons. The molecule has 5 nitrogen and oxygen atoms in total. The Bertz CT molecular complexity index is 790. The van der Waals surface area contributed by atoms with E-state index in [4.69, 9.17) is 4.74 Å². The molecule has 1 aliphatic heterocycles. The Morgan fingerprint density at radius 1 is 1.10 bits per heavy atom. The number of amides is 1. The number of aromatic nitrogens is 1. The highest BCUT2D eigenvalue weighted by molar-refractivity contribution is 5.78. The number of carbonyl (C=O) groups excluding carboxylic acids is 1. The lowest BCUT2D eigenvalue weighted by molar-refractivity contribution is -0.137. The Balaban J connectivity index is 1.32. The van der Waals surface area contributed by atoms with E-state index in [0.717, 1.165) is 30.9 Å². The number of hydrogen-bond acceptors (Lipinski definition) is 4. The van der Waals surface area contributed by atoms with Crippen LogP contribution in [0.1, 0.15) is 31.2 Å². The summed E-state index contributed by atoms with van der Waals surface area (Å²) in [6.07, 6.45) is -0.517. The molecule has 1 N–H and O–H groups in total. The van der Waals surface area contributed by atoms with E-state index in [1.54, 1.807) is 0 Å². The van der Waals surface area contributed by atoms with Crippen LogP contribution in [0.2, 0.25) is 0 Å². The van der Waals surface area contributed by atoms with Crippen LogP contribution in [0.3, 0.4) is 0 Å². The average molecular weight is 421 g/mol. The zero-order valence-corrected chi connectivity index (χ0v) is 16.7. The first-order valence-corrected chi connectivity index (χ1v) is 10.2. The molecule has 1 aromatic heterocycles. The second-order valence-corrected chi connectivity index (χ2v) is 7.32. The van der Waals surface area contributed by atoms with Crippen molar-refractivity contribution in [2.45, 2.75) is 31.9 Å². The number of pyridine rings is 1. The van der Waals surface area contributed by atoms with Crippen molar-refractivity contribution in [3.63, 3.8) is 0 Å². The van der Waals surface area contributed by atoms with Crippen LogP contribution in [0.25, 0.3) is 0 Å². The van der Waals surface area contributed by atoms with Crippen LogP contribution in [0, 0.1) is 5.92 Å². The molecule has 0 radical (unpaired) electrons. The number of rotatable bonds is 8. The van der Waals surface area contributed by atoms with Crippen molar-refractivity contribution in [2.75, 3.05) is 31.1 Å². The van der Waals surface area contributed by atoms with Gasteiger partial charge >= 0.3 is 6.18 Å². The Kier molecular flexibility index (Phi) is 7.54. The second-order valence-electron chi connectivity index (χ2n) is 7.32. The standard InChI is InChI=1S/C22H26F3N3O2/c23-22(24,25)18-8-9-20(27-16-18)28-13-10-17(11-14-28)21(29)26-12-4-5-15-30-19-6-2-1-3-7-19/h1-3,6-9,16-17H,4-5,10-15H2,(H,26,29). The molecule has 1 saturated heterocycles. The molecule has 0 unspecified atom stereocenters. The molecule has 3 rings (SSSR count). The minimum Gasteiger partial charge on any atom is -0.494 e. The summed E-state index contributed by atoms with van der Waals surface area (Å²) >= 11 is 0. The van der Waals surface area contributed by atoms with Crippen molar-refractivity contribution in [3.8, 4) is 5.75 Å². The van der Waals surface area contributed by atoms with Crippen LogP contribution < -0.4 is 15.0 Å². The second kappa shape index (κ2) is 10.3. The van der Waals surface area contributed by atoms with Crippen molar-refractivity contribution in [1.29, 1.82) is 0 Å². The van der Waals surface area contributed by atoms with E-state index in [9.17, 15) is 18.0 Å². The summed E-state index contributed by atoms with van der Waals surface area (Å²) < 4.78 is 43.6. The Morgan fingerprint density at radius 3 is 2.47 bits per heavy atom. The minimum absolute atomic E-state index is 0.0407. The van der Waals surface area contributed by atoms with Gasteiger partial charge in [-0.15, -0.1) is 0 Å². The maximum Gasteiger partial charge on any atom is 0.417 e. The van der Waals surface area contributed by atoms with Gasteiger partial charge in [0, 0.05) is 31.7 Å². The van der Waals surface area contributed by atoms with Gasteiger partial charge < -0.3 is 15.0 Å². The largest absolute Gasteiger partial charge is 0.494 e. The number of benzene rings is 1. The SMILES string of the molecule is O=C(NCCCCOc1ccccc1)C1CCN(c2ccc(C(F)(F)F)cn2)CC1. The lowest BCUT2D eigenvalue weighted by Gasteiger charge is -2.32. The summed E-state index contributed by atoms with van der Waals surface area (Å²) in [4.78, 5) is 18.2. The highest BCUT2D eigenvalue weighted by atomic mass is 19.4. The van der Waals surface area contributed by atoms with E-state index in [0.29, 0.717) is 44.9 Å². The normalized spacial score (nSPS) is 15.1. The molecule has 1 aliphatic rings. The van der Waals surface area contributed by atoms with Gasteiger partial charge in [0.05, 0.1) is 12.2 Å². The summed E-state index contributed by atoms with van der Waals surface area (Å²) in [7, 11) is 0. The Hall–Kier alpha value is -2.77. The van der Waals surface area contributed by atoms with Gasteiger partial charge in [-0.2, -0.15) is 13.2 Å². The zero-order chi connectivity index (χ0) is 21.4. The van der Waals surface area contributed by atoms with Crippen molar-refractivity contribution in [3.05, 3.63) is 54.2 Å². The molecule has 1 fully saturated rings. The van der Waals surface area contributed by atoms with Gasteiger partial charge in [-0.3, -0.25) is 4.79 Å². The number of nitrogens with one attached hydrogen (secondary N) is 1. The zero-order valence-electron chi connectivity index (χ0n) is 16.7. The first kappa shape index (κ1) is 21.9. The highest BCUT2D eigenvalue weighted by Crippen LogP contribution is 2.30. The number of halogens is 3. The van der Waals surface area contributed by atoms with Gasteiger partial charge in [0.15, 0.2) is 0 Å². The Morgan fingerprint density at radius 2 is 1.83 bits per heavy atom. The molecule has 0 atom stereocenters. The fourth-order valence-corrected chi connectivity index (χ4v) is 3.40. The van der Waals surface area contributed by atoms with E-state index in [2.05, 4.69) is 10.3 Å². The maximum absolute atomic E-state index is 12.6. The first-order valence-electron chi connectivity index (χ1n) is 10.2. The van der Waals surface area contributed by atoms with Crippen LogP contribution in [0.4, 0.5) is 19.0 Å². The molecule has 0 spiro atoms. The smallest absolute Gasteiger partial charge is 0.417 e. The molecule has 0 aliphatic carbocycles. The number of ether oxygens (including phenoxy) is 1. The number of carbonyl (C=O) groups is 1. The van der Waals surface area contributed by atoms with Gasteiger partial charge in [-0.25, -0.2) is 4.98 Å². The van der Waals surface area contributed by atoms with E-state index < -0.39 is 11.7 Å². The number of para-hydroxylation sites is 1. The van der Waals surface area contributed by atoms with Crippen LogP contribution in [0.15, 0.2) is 48.7 Å². The first-order chi connectivity index (χ1) is 14.4. The Labute approximate surface area is 174 Å². The summed E-state index contributed by atoms with van der Waals surface area (Å²) in [5, 5.41) is 2.98. The molecule has 0 saturated carbocycles. The summed E-state index contributed by atoms with van der Waals surface area (Å²) in [6, 6.07) is 12.0. The van der Waals surface area contributed by atoms with Crippen LogP contribution in [0.5, 0.6) is 5.75 Å². The van der Waals surface area contributed by atoms with Gasteiger partial charge in [0.2, 0.25) is 5.91 Å². The predicted octanol–water partition coefficient (Wildman–Crippen LogP) is 4.29. The predicted molar refractivity (Wildman–Crippen MR) is 108 cm³/mol. The molecule has 30 heavy (non-hydrogen) atoms. The van der Waals surface area contributed by atoms with Crippen LogP contribution in [-0.2, 0) is 11.0 Å². The average Bonchev–Trinajstić information content (AvgIpc) is 2.76. The lowest BCUT2D eigenvalue weighted by atomic mass is 9.96. The van der Waals surface area contributed by atoms with Gasteiger partial charge in [-0.1, -0.05) is 18.2 Å². The topological polar surface area (TPSA) is 54.5 Å². The number of nitrogens with zero attached hydrogens (tertiary/aromatic N) is 2. The third kappa shape index (κ3) is 6.37. The lowest BCUT2D eigenvalue weighted by Crippen LogP contribution is -2.41. The van der Waals surface area contributed by atoms with Crippen molar-refractivity contribution in [2.24, 2.45) is 5.92 Å². The number of hydrogen-bond donors (Lipinski definition) is 1. The number of piperidine rings is 1. The minimum atomic E-state index is -4.38. The summed E-state index contributed by atoms with van der Waals surface area (Å²) in [5.41, 5.74) is -0.755. The molecule has 1 amide bonds. The number of unbranched alkanes of at least 4 members (excludes halogenated alkanes) is 1. The molecule has 2 heterocycles. The molecular formula is C22H26F3N3O2. The monoisotopic (exact) mass is 421 g/mol. The quantitative estimate of drug-likeness (QED) is 0.646. The number of alkyl halides is 3. The number of anilines is 1. The molecule has 2 aromatic rings. The highest BCUT2D eigenvalue weighted by Gasteiger charge is 2.31. The van der Waals surface area contributed by atoms with Crippen molar-refractivity contribution < 1.29 is 22.7 Å². The molecular weight excluding hydrogens is 395 g/mol. The van der Waals surface area contributed by atoms with E-state index in [1.807, 2.05) is 35.2 Å². The van der Waals surface area contributed by atoms with Crippen LogP contribution >= 0.6 is 0 Å². The fraction of sp³-hybridized carbons (Fsp3) is 0.455. The third-order valence-electron chi connectivity index (χ3n) is 5.15. The van der Waals surface area contributed by atoms with Crippen molar-refractivity contribution >= 4 is 11.7 Å². The summed E-state index contributed by atoms with van der Waals surface area (Å²) in [6.45, 7) is 2.42. The summed E-state index contributed by atoms with van der Waals surface area (Å²) in [5.74, 6) is 1.33. The third-order valence-corrected chi connectivity index (χ3v) is 5.15. The van der Waals surface area contributed by atoms with E-state index in [-0.39, 0.29) is 11.8 Å². The maximum atomic E-state index is 12.6. The van der Waals surface area contributed by atoms with Gasteiger partial charge in [0.1, 0.15) is 11.6 Å². The van der Waals surface area contributed by atoms with Gasteiger partial charge in [-0.05, 0) is 49.9 Å². The van der Waals surface area contributed by atoms with Crippen molar-refractivity contribution in [1.82, 2.24) is 10.3 Å². The van der Waals surface area contributed by atoms with Crippen LogP contribution in [-0.4, -0.2) is 37.1 Å².